The van der Waals surface area contributed by atoms with Crippen LogP contribution in [0.2, 0.25) is 0 Å². The van der Waals surface area contributed by atoms with Gasteiger partial charge in [0.15, 0.2) is 0 Å². The maximum Gasteiger partial charge on any atom is 0.413 e. The molecule has 0 unspecified atom stereocenters. The number of ether oxygens (including phenoxy) is 2. The van der Waals surface area contributed by atoms with E-state index < -0.39 is 6.09 Å². The van der Waals surface area contributed by atoms with Gasteiger partial charge >= 0.3 is 6.09 Å². The highest BCUT2D eigenvalue weighted by Gasteiger charge is 2.26. The van der Waals surface area contributed by atoms with Gasteiger partial charge < -0.3 is 25.2 Å². The fourth-order valence-corrected chi connectivity index (χ4v) is 3.88. The minimum Gasteiger partial charge on any atom is -0.507 e. The standard InChI is InChI=1S/C26H28N4O4.ClH/c31-22-7-4-8-23(33-15-18-9-10-18)24(22)21-13-20(19-16-34-26(32)30-25(19)29-21)28-12-11-27-14-17-5-2-1-3-6-17;/h1-8,13,18,27,31H,9-12,14-16H2,(H2,28,29,30,32);1H. The summed E-state index contributed by atoms with van der Waals surface area (Å²) in [5.41, 5.74) is 3.81. The molecule has 8 nitrogen and oxygen atoms in total. The maximum atomic E-state index is 11.9. The third kappa shape index (κ3) is 6.15. The topological polar surface area (TPSA) is 105 Å². The van der Waals surface area contributed by atoms with E-state index in [-0.39, 0.29) is 24.8 Å². The summed E-state index contributed by atoms with van der Waals surface area (Å²) >= 11 is 0. The van der Waals surface area contributed by atoms with Crippen LogP contribution >= 0.6 is 12.4 Å². The predicted octanol–water partition coefficient (Wildman–Crippen LogP) is 4.93. The highest BCUT2D eigenvalue weighted by atomic mass is 35.5. The molecule has 1 aliphatic carbocycles. The van der Waals surface area contributed by atoms with Crippen molar-refractivity contribution in [3.8, 4) is 22.8 Å². The second-order valence-electron chi connectivity index (χ2n) is 8.58. The second-order valence-corrected chi connectivity index (χ2v) is 8.58. The van der Waals surface area contributed by atoms with E-state index in [1.807, 2.05) is 30.3 Å². The van der Waals surface area contributed by atoms with Crippen LogP contribution in [-0.4, -0.2) is 35.9 Å². The summed E-state index contributed by atoms with van der Waals surface area (Å²) in [4.78, 5) is 16.5. The van der Waals surface area contributed by atoms with Gasteiger partial charge in [-0.15, -0.1) is 12.4 Å². The van der Waals surface area contributed by atoms with Crippen LogP contribution in [0.3, 0.4) is 0 Å². The zero-order valence-corrected chi connectivity index (χ0v) is 20.1. The molecule has 1 aliphatic heterocycles. The van der Waals surface area contributed by atoms with E-state index >= 15 is 0 Å². The summed E-state index contributed by atoms with van der Waals surface area (Å²) < 4.78 is 11.2. The van der Waals surface area contributed by atoms with Crippen molar-refractivity contribution >= 4 is 30.0 Å². The molecular weight excluding hydrogens is 468 g/mol. The van der Waals surface area contributed by atoms with Crippen molar-refractivity contribution in [1.82, 2.24) is 10.3 Å². The Hall–Kier alpha value is -3.49. The molecule has 35 heavy (non-hydrogen) atoms. The molecule has 0 saturated heterocycles. The van der Waals surface area contributed by atoms with Gasteiger partial charge in [-0.1, -0.05) is 36.4 Å². The molecule has 1 saturated carbocycles. The van der Waals surface area contributed by atoms with Crippen molar-refractivity contribution in [3.05, 3.63) is 65.7 Å². The molecule has 2 heterocycles. The number of fused-ring (bicyclic) bond motifs is 1. The zero-order chi connectivity index (χ0) is 23.3. The molecule has 0 radical (unpaired) electrons. The molecule has 0 atom stereocenters. The van der Waals surface area contributed by atoms with E-state index in [9.17, 15) is 9.90 Å². The summed E-state index contributed by atoms with van der Waals surface area (Å²) in [6.07, 6.45) is 1.79. The molecule has 5 rings (SSSR count). The summed E-state index contributed by atoms with van der Waals surface area (Å²) in [5.74, 6) is 1.65. The third-order valence-corrected chi connectivity index (χ3v) is 5.91. The Morgan fingerprint density at radius 2 is 1.94 bits per heavy atom. The number of halogens is 1. The number of phenolic OH excluding ortho intramolecular Hbond substituents is 1. The first-order valence-corrected chi connectivity index (χ1v) is 11.6. The number of anilines is 2. The molecular formula is C26H29ClN4O4. The van der Waals surface area contributed by atoms with Crippen LogP contribution in [-0.2, 0) is 17.9 Å². The lowest BCUT2D eigenvalue weighted by Gasteiger charge is -2.22. The van der Waals surface area contributed by atoms with Gasteiger partial charge in [-0.2, -0.15) is 0 Å². The SMILES string of the molecule is Cl.O=C1Nc2nc(-c3c(O)cccc3OCC3CC3)cc(NCCNCc3ccccc3)c2CO1. The Bertz CT molecular complexity index is 1170. The van der Waals surface area contributed by atoms with E-state index in [0.717, 1.165) is 24.3 Å². The number of cyclic esters (lactones) is 1. The number of carbonyl (C=O) groups is 1. The Labute approximate surface area is 210 Å². The maximum absolute atomic E-state index is 11.9. The van der Waals surface area contributed by atoms with Gasteiger partial charge in [0.05, 0.1) is 23.4 Å². The van der Waals surface area contributed by atoms with Crippen LogP contribution in [0.5, 0.6) is 11.5 Å². The highest BCUT2D eigenvalue weighted by Crippen LogP contribution is 2.41. The Kier molecular flexibility index (Phi) is 7.94. The molecule has 0 bridgehead atoms. The van der Waals surface area contributed by atoms with E-state index in [1.54, 1.807) is 12.1 Å². The number of aromatic hydroxyl groups is 1. The van der Waals surface area contributed by atoms with Crippen molar-refractivity contribution in [2.24, 2.45) is 5.92 Å². The van der Waals surface area contributed by atoms with Crippen LogP contribution in [0.15, 0.2) is 54.6 Å². The van der Waals surface area contributed by atoms with Crippen LogP contribution in [0.4, 0.5) is 16.3 Å². The van der Waals surface area contributed by atoms with Crippen molar-refractivity contribution in [1.29, 1.82) is 0 Å². The molecule has 0 spiro atoms. The highest BCUT2D eigenvalue weighted by molar-refractivity contribution is 5.89. The quantitative estimate of drug-likeness (QED) is 0.295. The van der Waals surface area contributed by atoms with Crippen LogP contribution in [0.1, 0.15) is 24.0 Å². The van der Waals surface area contributed by atoms with Gasteiger partial charge in [0.25, 0.3) is 0 Å². The van der Waals surface area contributed by atoms with Gasteiger partial charge in [-0.25, -0.2) is 9.78 Å². The number of hydrogen-bond acceptors (Lipinski definition) is 7. The minimum absolute atomic E-state index is 0. The fourth-order valence-electron chi connectivity index (χ4n) is 3.88. The number of nitrogens with zero attached hydrogens (tertiary/aromatic N) is 1. The van der Waals surface area contributed by atoms with E-state index in [0.29, 0.717) is 41.9 Å². The number of rotatable bonds is 10. The van der Waals surface area contributed by atoms with Gasteiger partial charge in [0.2, 0.25) is 0 Å². The van der Waals surface area contributed by atoms with Crippen molar-refractivity contribution in [2.75, 3.05) is 30.3 Å². The van der Waals surface area contributed by atoms with Gasteiger partial charge in [0, 0.05) is 25.3 Å². The first-order valence-electron chi connectivity index (χ1n) is 11.6. The number of nitrogens with one attached hydrogen (secondary N) is 3. The summed E-state index contributed by atoms with van der Waals surface area (Å²) in [7, 11) is 0. The molecule has 1 aromatic heterocycles. The third-order valence-electron chi connectivity index (χ3n) is 5.91. The first kappa shape index (κ1) is 24.6. The van der Waals surface area contributed by atoms with Crippen LogP contribution in [0, 0.1) is 5.92 Å². The number of aromatic nitrogens is 1. The Morgan fingerprint density at radius 3 is 2.74 bits per heavy atom. The number of hydrogen-bond donors (Lipinski definition) is 4. The molecule has 4 N–H and O–H groups in total. The number of amides is 1. The van der Waals surface area contributed by atoms with E-state index in [1.165, 1.54) is 18.4 Å². The number of benzene rings is 2. The Balaban J connectivity index is 0.00000289. The molecule has 2 aromatic carbocycles. The average Bonchev–Trinajstić information content (AvgIpc) is 3.67. The van der Waals surface area contributed by atoms with Gasteiger partial charge in [0.1, 0.15) is 23.9 Å². The van der Waals surface area contributed by atoms with E-state index in [4.69, 9.17) is 9.47 Å². The molecule has 1 fully saturated rings. The molecule has 1 amide bonds. The number of carbonyl (C=O) groups excluding carboxylic acids is 1. The smallest absolute Gasteiger partial charge is 0.413 e. The number of phenols is 1. The lowest BCUT2D eigenvalue weighted by molar-refractivity contribution is 0.151. The summed E-state index contributed by atoms with van der Waals surface area (Å²) in [6.45, 7) is 2.91. The predicted molar refractivity (Wildman–Crippen MR) is 137 cm³/mol. The van der Waals surface area contributed by atoms with Crippen molar-refractivity contribution in [3.63, 3.8) is 0 Å². The Morgan fingerprint density at radius 1 is 1.11 bits per heavy atom. The zero-order valence-electron chi connectivity index (χ0n) is 19.3. The monoisotopic (exact) mass is 496 g/mol. The van der Waals surface area contributed by atoms with Gasteiger partial charge in [-0.05, 0) is 42.5 Å². The lowest BCUT2D eigenvalue weighted by Crippen LogP contribution is -2.25. The van der Waals surface area contributed by atoms with Crippen molar-refractivity contribution in [2.45, 2.75) is 26.0 Å². The van der Waals surface area contributed by atoms with E-state index in [2.05, 4.69) is 33.1 Å². The van der Waals surface area contributed by atoms with Crippen LogP contribution < -0.4 is 20.7 Å². The normalized spacial score (nSPS) is 14.2. The summed E-state index contributed by atoms with van der Waals surface area (Å²) in [5, 5.41) is 20.2. The lowest BCUT2D eigenvalue weighted by atomic mass is 10.1. The van der Waals surface area contributed by atoms with Crippen LogP contribution in [0.25, 0.3) is 11.3 Å². The molecule has 2 aliphatic rings. The fraction of sp³-hybridized carbons (Fsp3) is 0.308. The largest absolute Gasteiger partial charge is 0.507 e. The second kappa shape index (κ2) is 11.3. The molecule has 184 valence electrons. The molecule has 3 aromatic rings. The first-order chi connectivity index (χ1) is 16.7. The average molecular weight is 497 g/mol. The van der Waals surface area contributed by atoms with Crippen molar-refractivity contribution < 1.29 is 19.4 Å². The minimum atomic E-state index is -0.546. The molecule has 9 heteroatoms. The number of pyridine rings is 1. The van der Waals surface area contributed by atoms with Gasteiger partial charge in [-0.3, -0.25) is 5.32 Å². The summed E-state index contributed by atoms with van der Waals surface area (Å²) in [6, 6.07) is 17.3.